The van der Waals surface area contributed by atoms with E-state index in [0.717, 1.165) is 18.4 Å². The maximum absolute atomic E-state index is 10.4. The van der Waals surface area contributed by atoms with Crippen LogP contribution in [0.4, 0.5) is 0 Å². The third kappa shape index (κ3) is 1.67. The van der Waals surface area contributed by atoms with Crippen molar-refractivity contribution in [2.45, 2.75) is 46.6 Å². The summed E-state index contributed by atoms with van der Waals surface area (Å²) in [6.45, 7) is 8.70. The van der Waals surface area contributed by atoms with Crippen molar-refractivity contribution in [3.63, 3.8) is 0 Å². The predicted molar refractivity (Wildman–Crippen MR) is 74.8 cm³/mol. The lowest BCUT2D eigenvalue weighted by molar-refractivity contribution is 0.100. The summed E-state index contributed by atoms with van der Waals surface area (Å²) in [5.74, 6) is 0. The molecule has 0 aliphatic heterocycles. The van der Waals surface area contributed by atoms with Crippen molar-refractivity contribution in [3.8, 4) is 0 Å². The molecule has 1 aliphatic rings. The van der Waals surface area contributed by atoms with E-state index in [0.29, 0.717) is 0 Å². The summed E-state index contributed by atoms with van der Waals surface area (Å²) in [7, 11) is 0. The van der Waals surface area contributed by atoms with Crippen molar-refractivity contribution in [2.75, 3.05) is 0 Å². The fourth-order valence-corrected chi connectivity index (χ4v) is 3.42. The lowest BCUT2D eigenvalue weighted by Gasteiger charge is -2.32. The van der Waals surface area contributed by atoms with Crippen molar-refractivity contribution in [1.29, 1.82) is 0 Å². The van der Waals surface area contributed by atoms with Crippen LogP contribution in [0, 0.1) is 19.3 Å². The van der Waals surface area contributed by atoms with Gasteiger partial charge in [0.05, 0.1) is 6.10 Å². The molecular weight excluding hydrogens is 222 g/mol. The van der Waals surface area contributed by atoms with Gasteiger partial charge in [0.1, 0.15) is 0 Å². The Morgan fingerprint density at radius 3 is 2.72 bits per heavy atom. The summed E-state index contributed by atoms with van der Waals surface area (Å²) in [4.78, 5) is 3.54. The predicted octanol–water partition coefficient (Wildman–Crippen LogP) is 3.79. The Kier molecular flexibility index (Phi) is 2.36. The number of hydrogen-bond acceptors (Lipinski definition) is 1. The minimum absolute atomic E-state index is 0.177. The zero-order chi connectivity index (χ0) is 13.1. The zero-order valence-corrected chi connectivity index (χ0v) is 11.6. The molecule has 0 bridgehead atoms. The van der Waals surface area contributed by atoms with Gasteiger partial charge in [0.15, 0.2) is 0 Å². The Morgan fingerprint density at radius 1 is 1.28 bits per heavy atom. The van der Waals surface area contributed by atoms with E-state index in [4.69, 9.17) is 0 Å². The molecular formula is C16H21NO. The average molecular weight is 243 g/mol. The molecule has 2 N–H and O–H groups in total. The van der Waals surface area contributed by atoms with Crippen molar-refractivity contribution >= 4 is 10.9 Å². The van der Waals surface area contributed by atoms with Crippen molar-refractivity contribution in [3.05, 3.63) is 34.5 Å². The molecule has 1 aromatic carbocycles. The lowest BCUT2D eigenvalue weighted by atomic mass is 9.75. The number of aryl methyl sites for hydroxylation is 2. The third-order valence-electron chi connectivity index (χ3n) is 4.11. The van der Waals surface area contributed by atoms with Crippen LogP contribution in [0.3, 0.4) is 0 Å². The first-order valence-corrected chi connectivity index (χ1v) is 6.67. The molecule has 1 atom stereocenters. The van der Waals surface area contributed by atoms with Crippen molar-refractivity contribution < 1.29 is 5.11 Å². The molecule has 96 valence electrons. The summed E-state index contributed by atoms with van der Waals surface area (Å²) in [6.07, 6.45) is 1.53. The number of aromatic nitrogens is 1. The maximum atomic E-state index is 10.4. The van der Waals surface area contributed by atoms with E-state index >= 15 is 0 Å². The lowest BCUT2D eigenvalue weighted by Crippen LogP contribution is -2.25. The second-order valence-corrected chi connectivity index (χ2v) is 6.58. The number of H-pyrrole nitrogens is 1. The van der Waals surface area contributed by atoms with E-state index in [1.54, 1.807) is 0 Å². The molecule has 3 rings (SSSR count). The highest BCUT2D eigenvalue weighted by atomic mass is 16.3. The van der Waals surface area contributed by atoms with Crippen LogP contribution in [0.5, 0.6) is 0 Å². The Hall–Kier alpha value is -1.28. The van der Waals surface area contributed by atoms with Gasteiger partial charge in [-0.15, -0.1) is 0 Å². The monoisotopic (exact) mass is 243 g/mol. The molecule has 0 radical (unpaired) electrons. The molecule has 1 heterocycles. The fourth-order valence-electron chi connectivity index (χ4n) is 3.42. The van der Waals surface area contributed by atoms with Gasteiger partial charge >= 0.3 is 0 Å². The van der Waals surface area contributed by atoms with Gasteiger partial charge in [-0.25, -0.2) is 0 Å². The molecule has 0 saturated carbocycles. The van der Waals surface area contributed by atoms with Crippen molar-refractivity contribution in [2.24, 2.45) is 5.41 Å². The van der Waals surface area contributed by atoms with Gasteiger partial charge in [-0.2, -0.15) is 0 Å². The van der Waals surface area contributed by atoms with Crippen LogP contribution in [0.15, 0.2) is 12.1 Å². The highest BCUT2D eigenvalue weighted by Crippen LogP contribution is 2.44. The summed E-state index contributed by atoms with van der Waals surface area (Å²) in [5, 5.41) is 11.7. The Balaban J connectivity index is 2.30. The van der Waals surface area contributed by atoms with E-state index in [-0.39, 0.29) is 11.5 Å². The van der Waals surface area contributed by atoms with Crippen LogP contribution in [-0.2, 0) is 6.42 Å². The van der Waals surface area contributed by atoms with E-state index < -0.39 is 0 Å². The molecule has 1 aliphatic carbocycles. The summed E-state index contributed by atoms with van der Waals surface area (Å²) < 4.78 is 0. The highest BCUT2D eigenvalue weighted by molar-refractivity contribution is 5.88. The van der Waals surface area contributed by atoms with Crippen molar-refractivity contribution in [1.82, 2.24) is 4.98 Å². The first-order valence-electron chi connectivity index (χ1n) is 6.67. The minimum atomic E-state index is -0.335. The zero-order valence-electron chi connectivity index (χ0n) is 11.6. The van der Waals surface area contributed by atoms with Crippen LogP contribution in [0.25, 0.3) is 10.9 Å². The normalized spacial score (nSPS) is 22.2. The number of aliphatic hydroxyl groups is 1. The van der Waals surface area contributed by atoms with Gasteiger partial charge in [-0.1, -0.05) is 25.5 Å². The van der Waals surface area contributed by atoms with Gasteiger partial charge in [-0.3, -0.25) is 0 Å². The Bertz CT molecular complexity index is 622. The summed E-state index contributed by atoms with van der Waals surface area (Å²) in [6, 6.07) is 4.39. The fraction of sp³-hybridized carbons (Fsp3) is 0.500. The maximum Gasteiger partial charge on any atom is 0.0818 e. The van der Waals surface area contributed by atoms with Crippen LogP contribution in [-0.4, -0.2) is 10.1 Å². The Labute approximate surface area is 108 Å². The molecule has 2 aromatic rings. The second kappa shape index (κ2) is 3.61. The molecule has 2 heteroatoms. The number of nitrogens with one attached hydrogen (secondary N) is 1. The smallest absolute Gasteiger partial charge is 0.0818 e. The largest absolute Gasteiger partial charge is 0.388 e. The summed E-state index contributed by atoms with van der Waals surface area (Å²) >= 11 is 0. The van der Waals surface area contributed by atoms with Gasteiger partial charge in [0.25, 0.3) is 0 Å². The molecule has 0 amide bonds. The number of benzene rings is 1. The van der Waals surface area contributed by atoms with Crippen LogP contribution >= 0.6 is 0 Å². The van der Waals surface area contributed by atoms with Gasteiger partial charge in [0.2, 0.25) is 0 Å². The molecule has 0 saturated heterocycles. The second-order valence-electron chi connectivity index (χ2n) is 6.58. The SMILES string of the molecule is Cc1cc(C)c2[nH]c3c(c2c1)C(O)CC(C)(C)C3. The van der Waals surface area contributed by atoms with E-state index in [1.165, 1.54) is 27.7 Å². The molecule has 1 aromatic heterocycles. The molecule has 0 spiro atoms. The topological polar surface area (TPSA) is 36.0 Å². The van der Waals surface area contributed by atoms with Gasteiger partial charge in [0, 0.05) is 22.2 Å². The van der Waals surface area contributed by atoms with Gasteiger partial charge in [-0.05, 0) is 43.7 Å². The van der Waals surface area contributed by atoms with Crippen LogP contribution < -0.4 is 0 Å². The number of aliphatic hydroxyl groups excluding tert-OH is 1. The van der Waals surface area contributed by atoms with E-state index in [9.17, 15) is 5.11 Å². The molecule has 1 unspecified atom stereocenters. The third-order valence-corrected chi connectivity index (χ3v) is 4.11. The first-order chi connectivity index (χ1) is 8.37. The van der Waals surface area contributed by atoms with Crippen LogP contribution in [0.1, 0.15) is 48.8 Å². The molecule has 18 heavy (non-hydrogen) atoms. The number of fused-ring (bicyclic) bond motifs is 3. The van der Waals surface area contributed by atoms with Crippen LogP contribution in [0.2, 0.25) is 0 Å². The van der Waals surface area contributed by atoms with Gasteiger partial charge < -0.3 is 10.1 Å². The first kappa shape index (κ1) is 11.8. The average Bonchev–Trinajstić information content (AvgIpc) is 2.54. The standard InChI is InChI=1S/C16H21NO/c1-9-5-10(2)15-11(6-9)14-12(17-15)7-16(3,4)8-13(14)18/h5-6,13,17-18H,7-8H2,1-4H3. The number of rotatable bonds is 0. The molecule has 0 fully saturated rings. The summed E-state index contributed by atoms with van der Waals surface area (Å²) in [5.41, 5.74) is 6.26. The number of hydrogen-bond donors (Lipinski definition) is 2. The quantitative estimate of drug-likeness (QED) is 0.725. The highest BCUT2D eigenvalue weighted by Gasteiger charge is 2.33. The number of aromatic amines is 1. The molecule has 2 nitrogen and oxygen atoms in total. The minimum Gasteiger partial charge on any atom is -0.388 e. The van der Waals surface area contributed by atoms with E-state index in [2.05, 4.69) is 44.8 Å². The van der Waals surface area contributed by atoms with E-state index in [1.807, 2.05) is 0 Å². The Morgan fingerprint density at radius 2 is 2.00 bits per heavy atom.